The van der Waals surface area contributed by atoms with Crippen LogP contribution in [0.4, 0.5) is 9.18 Å². The lowest BCUT2D eigenvalue weighted by Crippen LogP contribution is -2.49. The average molecular weight is 404 g/mol. The molecule has 1 aromatic carbocycles. The van der Waals surface area contributed by atoms with E-state index in [1.807, 2.05) is 6.07 Å². The molecule has 2 saturated heterocycles. The molecule has 29 heavy (non-hydrogen) atoms. The number of nitrogens with one attached hydrogen (secondary N) is 1. The fourth-order valence-electron chi connectivity index (χ4n) is 4.58. The van der Waals surface area contributed by atoms with Crippen LogP contribution >= 0.6 is 0 Å². The summed E-state index contributed by atoms with van der Waals surface area (Å²) in [5, 5.41) is 3.42. The van der Waals surface area contributed by atoms with Gasteiger partial charge in [0.25, 0.3) is 0 Å². The third kappa shape index (κ3) is 5.48. The van der Waals surface area contributed by atoms with E-state index in [-0.39, 0.29) is 6.09 Å². The summed E-state index contributed by atoms with van der Waals surface area (Å²) >= 11 is 0. The molecular weight excluding hydrogens is 369 g/mol. The van der Waals surface area contributed by atoms with Gasteiger partial charge in [0.1, 0.15) is 5.67 Å². The SMILES string of the molecule is CN1CCC(COC(=O)N2CCC(F)(CN[C@@H]3C[C@H]3c3ccccc3)CC2)CC1. The lowest BCUT2D eigenvalue weighted by molar-refractivity contribution is 0.0336. The number of hydrogen-bond acceptors (Lipinski definition) is 4. The highest BCUT2D eigenvalue weighted by atomic mass is 19.1. The predicted molar refractivity (Wildman–Crippen MR) is 112 cm³/mol. The molecule has 1 aliphatic carbocycles. The topological polar surface area (TPSA) is 44.8 Å². The summed E-state index contributed by atoms with van der Waals surface area (Å²) in [6.45, 7) is 3.88. The molecule has 0 unspecified atom stereocenters. The monoisotopic (exact) mass is 403 g/mol. The average Bonchev–Trinajstić information content (AvgIpc) is 3.53. The lowest BCUT2D eigenvalue weighted by Gasteiger charge is -2.36. The van der Waals surface area contributed by atoms with Crippen LogP contribution in [-0.4, -0.2) is 74.0 Å². The largest absolute Gasteiger partial charge is 0.449 e. The van der Waals surface area contributed by atoms with Gasteiger partial charge in [0.15, 0.2) is 0 Å². The van der Waals surface area contributed by atoms with Crippen LogP contribution in [0.25, 0.3) is 0 Å². The molecule has 3 fully saturated rings. The Morgan fingerprint density at radius 1 is 1.17 bits per heavy atom. The highest BCUT2D eigenvalue weighted by Crippen LogP contribution is 2.41. The van der Waals surface area contributed by atoms with Gasteiger partial charge in [-0.1, -0.05) is 30.3 Å². The van der Waals surface area contributed by atoms with Crippen LogP contribution in [0.3, 0.4) is 0 Å². The van der Waals surface area contributed by atoms with E-state index in [9.17, 15) is 4.79 Å². The molecule has 6 heteroatoms. The quantitative estimate of drug-likeness (QED) is 0.791. The first-order valence-electron chi connectivity index (χ1n) is 11.1. The molecule has 0 radical (unpaired) electrons. The third-order valence-electron chi connectivity index (χ3n) is 6.90. The van der Waals surface area contributed by atoms with Crippen molar-refractivity contribution in [3.63, 3.8) is 0 Å². The summed E-state index contributed by atoms with van der Waals surface area (Å²) in [7, 11) is 2.12. The van der Waals surface area contributed by atoms with E-state index in [0.29, 0.717) is 57.0 Å². The molecule has 2 heterocycles. The van der Waals surface area contributed by atoms with Crippen LogP contribution in [0, 0.1) is 5.92 Å². The van der Waals surface area contributed by atoms with Crippen molar-refractivity contribution < 1.29 is 13.9 Å². The number of alkyl halides is 1. The number of carbonyl (C=O) groups is 1. The number of carbonyl (C=O) groups excluding carboxylic acids is 1. The molecule has 0 bridgehead atoms. The normalized spacial score (nSPS) is 27.6. The van der Waals surface area contributed by atoms with E-state index in [4.69, 9.17) is 4.74 Å². The highest BCUT2D eigenvalue weighted by Gasteiger charge is 2.42. The van der Waals surface area contributed by atoms with Crippen molar-refractivity contribution in [3.8, 4) is 0 Å². The minimum absolute atomic E-state index is 0.273. The van der Waals surface area contributed by atoms with Crippen LogP contribution < -0.4 is 5.32 Å². The maximum absolute atomic E-state index is 15.2. The number of hydrogen-bond donors (Lipinski definition) is 1. The summed E-state index contributed by atoms with van der Waals surface area (Å²) in [5.74, 6) is 0.968. The Balaban J connectivity index is 1.14. The molecule has 1 saturated carbocycles. The molecule has 4 rings (SSSR count). The van der Waals surface area contributed by atoms with E-state index in [0.717, 1.165) is 32.4 Å². The Bertz CT molecular complexity index is 670. The summed E-state index contributed by atoms with van der Waals surface area (Å²) < 4.78 is 20.7. The fraction of sp³-hybridized carbons (Fsp3) is 0.696. The number of benzene rings is 1. The van der Waals surface area contributed by atoms with Gasteiger partial charge in [-0.25, -0.2) is 9.18 Å². The van der Waals surface area contributed by atoms with Gasteiger partial charge in [-0.15, -0.1) is 0 Å². The first-order chi connectivity index (χ1) is 14.0. The maximum atomic E-state index is 15.2. The molecule has 0 aromatic heterocycles. The predicted octanol–water partition coefficient (Wildman–Crippen LogP) is 3.41. The molecule has 1 N–H and O–H groups in total. The van der Waals surface area contributed by atoms with Gasteiger partial charge in [0.05, 0.1) is 6.61 Å². The van der Waals surface area contributed by atoms with E-state index >= 15 is 4.39 Å². The van der Waals surface area contributed by atoms with Crippen LogP contribution in [-0.2, 0) is 4.74 Å². The van der Waals surface area contributed by atoms with E-state index in [2.05, 4.69) is 41.5 Å². The Labute approximate surface area is 173 Å². The second-order valence-corrected chi connectivity index (χ2v) is 9.20. The van der Waals surface area contributed by atoms with Crippen molar-refractivity contribution in [1.29, 1.82) is 0 Å². The van der Waals surface area contributed by atoms with Crippen molar-refractivity contribution in [3.05, 3.63) is 35.9 Å². The minimum Gasteiger partial charge on any atom is -0.449 e. The summed E-state index contributed by atoms with van der Waals surface area (Å²) in [6, 6.07) is 10.8. The molecule has 3 aliphatic rings. The maximum Gasteiger partial charge on any atom is 0.409 e. The fourth-order valence-corrected chi connectivity index (χ4v) is 4.58. The molecule has 160 valence electrons. The molecular formula is C23H34FN3O2. The zero-order valence-corrected chi connectivity index (χ0v) is 17.5. The van der Waals surface area contributed by atoms with Gasteiger partial charge < -0.3 is 19.9 Å². The number of nitrogens with zero attached hydrogens (tertiary/aromatic N) is 2. The van der Waals surface area contributed by atoms with Crippen LogP contribution in [0.5, 0.6) is 0 Å². The number of likely N-dealkylation sites (tertiary alicyclic amines) is 2. The van der Waals surface area contributed by atoms with Gasteiger partial charge >= 0.3 is 6.09 Å². The number of halogens is 1. The lowest BCUT2D eigenvalue weighted by atomic mass is 9.93. The van der Waals surface area contributed by atoms with Crippen molar-refractivity contribution in [2.75, 3.05) is 46.4 Å². The number of piperidine rings is 2. The van der Waals surface area contributed by atoms with Crippen LogP contribution in [0.2, 0.25) is 0 Å². The van der Waals surface area contributed by atoms with Crippen LogP contribution in [0.15, 0.2) is 30.3 Å². The van der Waals surface area contributed by atoms with Crippen molar-refractivity contribution in [2.24, 2.45) is 5.92 Å². The third-order valence-corrected chi connectivity index (χ3v) is 6.90. The molecule has 1 amide bonds. The zero-order chi connectivity index (χ0) is 20.3. The second kappa shape index (κ2) is 9.00. The Kier molecular flexibility index (Phi) is 6.40. The summed E-state index contributed by atoms with van der Waals surface area (Å²) in [4.78, 5) is 16.3. The second-order valence-electron chi connectivity index (χ2n) is 9.20. The highest BCUT2D eigenvalue weighted by molar-refractivity contribution is 5.67. The Morgan fingerprint density at radius 2 is 1.86 bits per heavy atom. The molecule has 2 atom stereocenters. The van der Waals surface area contributed by atoms with Gasteiger partial charge in [-0.3, -0.25) is 0 Å². The minimum atomic E-state index is -1.23. The first kappa shape index (κ1) is 20.6. The van der Waals surface area contributed by atoms with E-state index in [1.165, 1.54) is 5.56 Å². The van der Waals surface area contributed by atoms with E-state index < -0.39 is 5.67 Å². The number of rotatable bonds is 6. The van der Waals surface area contributed by atoms with Gasteiger partial charge in [-0.05, 0) is 50.9 Å². The van der Waals surface area contributed by atoms with Gasteiger partial charge in [0.2, 0.25) is 0 Å². The molecule has 1 aromatic rings. The van der Waals surface area contributed by atoms with Gasteiger partial charge in [-0.2, -0.15) is 0 Å². The van der Waals surface area contributed by atoms with E-state index in [1.54, 1.807) is 4.90 Å². The van der Waals surface area contributed by atoms with Crippen molar-refractivity contribution in [2.45, 2.75) is 49.7 Å². The summed E-state index contributed by atoms with van der Waals surface area (Å²) in [5.41, 5.74) is 0.106. The Hall–Kier alpha value is -1.66. The van der Waals surface area contributed by atoms with Crippen molar-refractivity contribution >= 4 is 6.09 Å². The van der Waals surface area contributed by atoms with Gasteiger partial charge in [0, 0.05) is 44.4 Å². The molecule has 0 spiro atoms. The number of amides is 1. The molecule has 5 nitrogen and oxygen atoms in total. The number of ether oxygens (including phenoxy) is 1. The standard InChI is InChI=1S/C23H34FN3O2/c1-26-11-7-18(8-12-26)16-29-22(28)27-13-9-23(24,10-14-27)17-25-21-15-20(21)19-5-3-2-4-6-19/h2-6,18,20-21,25H,7-17H2,1H3/t20-,21+/m0/s1. The molecule has 2 aliphatic heterocycles. The van der Waals surface area contributed by atoms with Crippen LogP contribution in [0.1, 0.15) is 43.6 Å². The van der Waals surface area contributed by atoms with Crippen molar-refractivity contribution in [1.82, 2.24) is 15.1 Å². The Morgan fingerprint density at radius 3 is 2.55 bits per heavy atom. The summed E-state index contributed by atoms with van der Waals surface area (Å²) in [6.07, 6.45) is 3.72. The smallest absolute Gasteiger partial charge is 0.409 e. The first-order valence-corrected chi connectivity index (χ1v) is 11.1. The zero-order valence-electron chi connectivity index (χ0n) is 17.5.